The van der Waals surface area contributed by atoms with Gasteiger partial charge in [0.2, 0.25) is 10.0 Å². The van der Waals surface area contributed by atoms with Crippen LogP contribution in [0, 0.1) is 0 Å². The molecule has 1 N–H and O–H groups in total. The number of piperazine rings is 1. The molecule has 1 saturated heterocycles. The molecule has 0 saturated carbocycles. The standard InChI is InChI=1S/C22H18ClF3N2O4S/c23-19-6-5-16(13-18(19)22(24,25)26)33(31,32)28-9-7-27(8-10-28)21(30)17-11-14-3-1-2-4-15(14)12-20(17)29/h1-6,11-13,29H,7-10H2. The van der Waals surface area contributed by atoms with Gasteiger partial charge in [0.1, 0.15) is 5.75 Å². The number of sulfonamides is 1. The van der Waals surface area contributed by atoms with Gasteiger partial charge in [0, 0.05) is 26.2 Å². The Morgan fingerprint density at radius 1 is 0.939 bits per heavy atom. The predicted molar refractivity (Wildman–Crippen MR) is 117 cm³/mol. The van der Waals surface area contributed by atoms with Crippen LogP contribution in [-0.4, -0.2) is 54.8 Å². The smallest absolute Gasteiger partial charge is 0.417 e. The van der Waals surface area contributed by atoms with Gasteiger partial charge in [-0.1, -0.05) is 35.9 Å². The van der Waals surface area contributed by atoms with E-state index in [1.165, 1.54) is 11.0 Å². The first kappa shape index (κ1) is 23.3. The van der Waals surface area contributed by atoms with E-state index in [0.29, 0.717) is 6.07 Å². The summed E-state index contributed by atoms with van der Waals surface area (Å²) < 4.78 is 66.2. The van der Waals surface area contributed by atoms with Gasteiger partial charge in [0.05, 0.1) is 21.0 Å². The molecule has 1 amide bonds. The van der Waals surface area contributed by atoms with Gasteiger partial charge >= 0.3 is 6.18 Å². The molecule has 11 heteroatoms. The first-order valence-electron chi connectivity index (χ1n) is 9.86. The van der Waals surface area contributed by atoms with Crippen molar-refractivity contribution in [3.05, 3.63) is 70.7 Å². The lowest BCUT2D eigenvalue weighted by molar-refractivity contribution is -0.137. The maximum absolute atomic E-state index is 13.1. The second-order valence-electron chi connectivity index (χ2n) is 7.55. The minimum absolute atomic E-state index is 0.0179. The van der Waals surface area contributed by atoms with Crippen molar-refractivity contribution < 1.29 is 31.5 Å². The number of carbonyl (C=O) groups is 1. The minimum atomic E-state index is -4.80. The van der Waals surface area contributed by atoms with Gasteiger partial charge in [-0.2, -0.15) is 17.5 Å². The van der Waals surface area contributed by atoms with Crippen molar-refractivity contribution in [3.8, 4) is 5.75 Å². The van der Waals surface area contributed by atoms with Gasteiger partial charge in [-0.05, 0) is 41.1 Å². The molecule has 0 spiro atoms. The zero-order valence-corrected chi connectivity index (χ0v) is 18.6. The van der Waals surface area contributed by atoms with E-state index in [2.05, 4.69) is 0 Å². The highest BCUT2D eigenvalue weighted by molar-refractivity contribution is 7.89. The Balaban J connectivity index is 1.52. The van der Waals surface area contributed by atoms with Crippen molar-refractivity contribution in [2.24, 2.45) is 0 Å². The number of halogens is 4. The molecule has 3 aromatic carbocycles. The van der Waals surface area contributed by atoms with Crippen LogP contribution in [0.3, 0.4) is 0 Å². The lowest BCUT2D eigenvalue weighted by atomic mass is 10.0. The van der Waals surface area contributed by atoms with Crippen molar-refractivity contribution in [2.75, 3.05) is 26.2 Å². The van der Waals surface area contributed by atoms with Crippen LogP contribution < -0.4 is 0 Å². The molecule has 0 radical (unpaired) electrons. The average Bonchev–Trinajstić information content (AvgIpc) is 2.77. The number of amides is 1. The molecule has 1 heterocycles. The highest BCUT2D eigenvalue weighted by Gasteiger charge is 2.36. The molecule has 6 nitrogen and oxygen atoms in total. The van der Waals surface area contributed by atoms with Crippen molar-refractivity contribution >= 4 is 38.3 Å². The number of benzene rings is 3. The molecular weight excluding hydrogens is 481 g/mol. The van der Waals surface area contributed by atoms with E-state index in [-0.39, 0.29) is 37.5 Å². The van der Waals surface area contributed by atoms with E-state index < -0.39 is 37.6 Å². The molecule has 1 aliphatic rings. The van der Waals surface area contributed by atoms with Crippen molar-refractivity contribution in [1.82, 2.24) is 9.21 Å². The molecule has 1 fully saturated rings. The van der Waals surface area contributed by atoms with E-state index in [4.69, 9.17) is 11.6 Å². The molecular formula is C22H18ClF3N2O4S. The SMILES string of the molecule is O=C(c1cc2ccccc2cc1O)N1CCN(S(=O)(=O)c2ccc(Cl)c(C(F)(F)F)c2)CC1. The summed E-state index contributed by atoms with van der Waals surface area (Å²) in [6.07, 6.45) is -4.80. The van der Waals surface area contributed by atoms with Crippen LogP contribution in [0.15, 0.2) is 59.5 Å². The fourth-order valence-electron chi connectivity index (χ4n) is 3.73. The molecule has 0 unspecified atom stereocenters. The average molecular weight is 499 g/mol. The summed E-state index contributed by atoms with van der Waals surface area (Å²) in [6, 6.07) is 12.7. The third-order valence-corrected chi connectivity index (χ3v) is 7.73. The van der Waals surface area contributed by atoms with Gasteiger partial charge in [-0.15, -0.1) is 0 Å². The van der Waals surface area contributed by atoms with Gasteiger partial charge in [-0.3, -0.25) is 4.79 Å². The third kappa shape index (κ3) is 4.50. The molecule has 0 atom stereocenters. The quantitative estimate of drug-likeness (QED) is 0.582. The minimum Gasteiger partial charge on any atom is -0.507 e. The Hall–Kier alpha value is -2.82. The Kier molecular flexibility index (Phi) is 6.02. The number of aromatic hydroxyl groups is 1. The maximum Gasteiger partial charge on any atom is 0.417 e. The number of phenolic OH excluding ortho intramolecular Hbond substituents is 1. The number of fused-ring (bicyclic) bond motifs is 1. The van der Waals surface area contributed by atoms with E-state index in [1.54, 1.807) is 30.3 Å². The Labute approximate surface area is 192 Å². The summed E-state index contributed by atoms with van der Waals surface area (Å²) in [6.45, 7) is -0.174. The molecule has 3 aromatic rings. The van der Waals surface area contributed by atoms with Gasteiger partial charge < -0.3 is 10.0 Å². The third-order valence-electron chi connectivity index (χ3n) is 5.50. The Bertz CT molecular complexity index is 1340. The van der Waals surface area contributed by atoms with E-state index in [1.807, 2.05) is 0 Å². The van der Waals surface area contributed by atoms with Crippen LogP contribution in [0.2, 0.25) is 5.02 Å². The summed E-state index contributed by atoms with van der Waals surface area (Å²) in [5.41, 5.74) is -1.14. The first-order chi connectivity index (χ1) is 15.5. The summed E-state index contributed by atoms with van der Waals surface area (Å²) >= 11 is 5.59. The van der Waals surface area contributed by atoms with Crippen LogP contribution in [0.4, 0.5) is 13.2 Å². The number of rotatable bonds is 3. The monoisotopic (exact) mass is 498 g/mol. The van der Waals surface area contributed by atoms with Gasteiger partial charge in [-0.25, -0.2) is 8.42 Å². The Morgan fingerprint density at radius 2 is 1.55 bits per heavy atom. The number of hydrogen-bond acceptors (Lipinski definition) is 4. The van der Waals surface area contributed by atoms with E-state index in [0.717, 1.165) is 27.2 Å². The molecule has 0 bridgehead atoms. The normalized spacial score (nSPS) is 15.7. The molecule has 33 heavy (non-hydrogen) atoms. The number of carbonyl (C=O) groups excluding carboxylic acids is 1. The van der Waals surface area contributed by atoms with Crippen molar-refractivity contribution in [3.63, 3.8) is 0 Å². The summed E-state index contributed by atoms with van der Waals surface area (Å²) in [5, 5.41) is 11.2. The van der Waals surface area contributed by atoms with E-state index >= 15 is 0 Å². The highest BCUT2D eigenvalue weighted by atomic mass is 35.5. The summed E-state index contributed by atoms with van der Waals surface area (Å²) in [4.78, 5) is 13.8. The van der Waals surface area contributed by atoms with Crippen LogP contribution in [0.25, 0.3) is 10.8 Å². The van der Waals surface area contributed by atoms with E-state index in [9.17, 15) is 31.5 Å². The van der Waals surface area contributed by atoms with Crippen LogP contribution in [0.1, 0.15) is 15.9 Å². The molecule has 4 rings (SSSR count). The van der Waals surface area contributed by atoms with Crippen molar-refractivity contribution in [2.45, 2.75) is 11.1 Å². The molecule has 1 aliphatic heterocycles. The van der Waals surface area contributed by atoms with Gasteiger partial charge in [0.15, 0.2) is 0 Å². The topological polar surface area (TPSA) is 77.9 Å². The lowest BCUT2D eigenvalue weighted by Crippen LogP contribution is -2.50. The fourth-order valence-corrected chi connectivity index (χ4v) is 5.41. The number of phenols is 1. The summed E-state index contributed by atoms with van der Waals surface area (Å²) in [7, 11) is -4.22. The zero-order valence-electron chi connectivity index (χ0n) is 17.0. The molecule has 0 aliphatic carbocycles. The largest absolute Gasteiger partial charge is 0.507 e. The molecule has 0 aromatic heterocycles. The number of alkyl halides is 3. The predicted octanol–water partition coefficient (Wildman–Crippen LogP) is 4.36. The first-order valence-corrected chi connectivity index (χ1v) is 11.7. The van der Waals surface area contributed by atoms with Crippen LogP contribution in [0.5, 0.6) is 5.75 Å². The second-order valence-corrected chi connectivity index (χ2v) is 9.90. The number of hydrogen-bond donors (Lipinski definition) is 1. The highest BCUT2D eigenvalue weighted by Crippen LogP contribution is 2.36. The zero-order chi connectivity index (χ0) is 24.0. The van der Waals surface area contributed by atoms with Crippen LogP contribution >= 0.6 is 11.6 Å². The van der Waals surface area contributed by atoms with Crippen molar-refractivity contribution in [1.29, 1.82) is 0 Å². The maximum atomic E-state index is 13.1. The Morgan fingerprint density at radius 3 is 2.15 bits per heavy atom. The van der Waals surface area contributed by atoms with Crippen LogP contribution in [-0.2, 0) is 16.2 Å². The lowest BCUT2D eigenvalue weighted by Gasteiger charge is -2.34. The second kappa shape index (κ2) is 8.51. The fraction of sp³-hybridized carbons (Fsp3) is 0.227. The summed E-state index contributed by atoms with van der Waals surface area (Å²) in [5.74, 6) is -0.643. The van der Waals surface area contributed by atoms with Gasteiger partial charge in [0.25, 0.3) is 5.91 Å². The molecule has 174 valence electrons. The number of nitrogens with zero attached hydrogens (tertiary/aromatic N) is 2.